The number of hydrogen-bond donors (Lipinski definition) is 2. The summed E-state index contributed by atoms with van der Waals surface area (Å²) < 4.78 is 0. The van der Waals surface area contributed by atoms with Crippen LogP contribution in [0, 0.1) is 20.8 Å². The van der Waals surface area contributed by atoms with E-state index < -0.39 is 0 Å². The van der Waals surface area contributed by atoms with Gasteiger partial charge in [-0.25, -0.2) is 0 Å². The average molecular weight is 261 g/mol. The topological polar surface area (TPSA) is 38.0 Å². The SMILES string of the molecule is Cc1ccc(Nc2cc(Cl)ccc2N)c(C)c1C. The molecule has 0 aliphatic carbocycles. The van der Waals surface area contributed by atoms with Crippen molar-refractivity contribution >= 4 is 28.7 Å². The van der Waals surface area contributed by atoms with Gasteiger partial charge in [0.1, 0.15) is 0 Å². The summed E-state index contributed by atoms with van der Waals surface area (Å²) in [5.74, 6) is 0. The van der Waals surface area contributed by atoms with E-state index in [-0.39, 0.29) is 0 Å². The molecule has 0 heterocycles. The summed E-state index contributed by atoms with van der Waals surface area (Å²) in [5.41, 5.74) is 12.3. The lowest BCUT2D eigenvalue weighted by molar-refractivity contribution is 1.26. The van der Waals surface area contributed by atoms with Crippen LogP contribution in [0.25, 0.3) is 0 Å². The van der Waals surface area contributed by atoms with E-state index in [1.54, 1.807) is 12.1 Å². The van der Waals surface area contributed by atoms with Crippen molar-refractivity contribution in [2.24, 2.45) is 0 Å². The Balaban J connectivity index is 2.40. The number of nitrogens with one attached hydrogen (secondary N) is 1. The van der Waals surface area contributed by atoms with Gasteiger partial charge < -0.3 is 11.1 Å². The monoisotopic (exact) mass is 260 g/mol. The molecule has 0 aromatic heterocycles. The van der Waals surface area contributed by atoms with Crippen LogP contribution in [0.2, 0.25) is 5.02 Å². The molecule has 0 bridgehead atoms. The number of aryl methyl sites for hydroxylation is 1. The Labute approximate surface area is 113 Å². The summed E-state index contributed by atoms with van der Waals surface area (Å²) in [6.07, 6.45) is 0. The number of rotatable bonds is 2. The first-order chi connectivity index (χ1) is 8.49. The van der Waals surface area contributed by atoms with Crippen molar-refractivity contribution < 1.29 is 0 Å². The van der Waals surface area contributed by atoms with E-state index in [0.717, 1.165) is 11.4 Å². The van der Waals surface area contributed by atoms with Crippen LogP contribution >= 0.6 is 11.6 Å². The molecule has 2 aromatic carbocycles. The molecule has 0 aliphatic heterocycles. The molecule has 3 heteroatoms. The lowest BCUT2D eigenvalue weighted by Gasteiger charge is -2.15. The molecule has 0 atom stereocenters. The Kier molecular flexibility index (Phi) is 3.48. The van der Waals surface area contributed by atoms with Gasteiger partial charge in [0.05, 0.1) is 11.4 Å². The minimum atomic E-state index is 0.674. The molecule has 0 saturated heterocycles. The van der Waals surface area contributed by atoms with Gasteiger partial charge in [-0.2, -0.15) is 0 Å². The van der Waals surface area contributed by atoms with Crippen molar-refractivity contribution in [1.82, 2.24) is 0 Å². The zero-order valence-corrected chi connectivity index (χ0v) is 11.6. The van der Waals surface area contributed by atoms with Crippen LogP contribution in [0.3, 0.4) is 0 Å². The molecule has 2 aromatic rings. The minimum absolute atomic E-state index is 0.674. The maximum atomic E-state index is 5.98. The van der Waals surface area contributed by atoms with Crippen molar-refractivity contribution in [2.75, 3.05) is 11.1 Å². The Morgan fingerprint density at radius 1 is 0.944 bits per heavy atom. The Morgan fingerprint density at radius 3 is 2.39 bits per heavy atom. The molecular weight excluding hydrogens is 244 g/mol. The van der Waals surface area contributed by atoms with E-state index in [2.05, 4.69) is 38.2 Å². The van der Waals surface area contributed by atoms with Gasteiger partial charge in [-0.05, 0) is 61.7 Å². The van der Waals surface area contributed by atoms with Gasteiger partial charge in [-0.3, -0.25) is 0 Å². The second kappa shape index (κ2) is 4.91. The van der Waals surface area contributed by atoms with Crippen LogP contribution in [0.5, 0.6) is 0 Å². The maximum Gasteiger partial charge on any atom is 0.0632 e. The largest absolute Gasteiger partial charge is 0.397 e. The van der Waals surface area contributed by atoms with Gasteiger partial charge >= 0.3 is 0 Å². The summed E-state index contributed by atoms with van der Waals surface area (Å²) in [6, 6.07) is 9.60. The van der Waals surface area contributed by atoms with Crippen molar-refractivity contribution in [3.05, 3.63) is 52.0 Å². The third kappa shape index (κ3) is 2.44. The van der Waals surface area contributed by atoms with Crippen LogP contribution in [0.4, 0.5) is 17.1 Å². The second-order valence-corrected chi connectivity index (χ2v) is 4.97. The van der Waals surface area contributed by atoms with Crippen molar-refractivity contribution in [2.45, 2.75) is 20.8 Å². The minimum Gasteiger partial charge on any atom is -0.397 e. The van der Waals surface area contributed by atoms with Crippen LogP contribution in [0.15, 0.2) is 30.3 Å². The Bertz CT molecular complexity index is 591. The highest BCUT2D eigenvalue weighted by atomic mass is 35.5. The van der Waals surface area contributed by atoms with Crippen LogP contribution in [0.1, 0.15) is 16.7 Å². The summed E-state index contributed by atoms with van der Waals surface area (Å²) in [7, 11) is 0. The third-order valence-corrected chi connectivity index (χ3v) is 3.58. The van der Waals surface area contributed by atoms with Crippen molar-refractivity contribution in [1.29, 1.82) is 0 Å². The zero-order valence-electron chi connectivity index (χ0n) is 10.8. The molecular formula is C15H17ClN2. The fourth-order valence-electron chi connectivity index (χ4n) is 1.87. The van der Waals surface area contributed by atoms with Gasteiger partial charge in [-0.15, -0.1) is 0 Å². The zero-order chi connectivity index (χ0) is 13.3. The second-order valence-electron chi connectivity index (χ2n) is 4.54. The molecule has 0 saturated carbocycles. The third-order valence-electron chi connectivity index (χ3n) is 3.34. The molecule has 94 valence electrons. The number of nitrogen functional groups attached to an aromatic ring is 1. The van der Waals surface area contributed by atoms with Crippen molar-refractivity contribution in [3.8, 4) is 0 Å². The highest BCUT2D eigenvalue weighted by molar-refractivity contribution is 6.31. The van der Waals surface area contributed by atoms with E-state index in [1.165, 1.54) is 16.7 Å². The Morgan fingerprint density at radius 2 is 1.67 bits per heavy atom. The van der Waals surface area contributed by atoms with E-state index >= 15 is 0 Å². The Hall–Kier alpha value is -1.67. The van der Waals surface area contributed by atoms with Gasteiger partial charge in [0.15, 0.2) is 0 Å². The first-order valence-corrected chi connectivity index (χ1v) is 6.25. The highest BCUT2D eigenvalue weighted by Crippen LogP contribution is 2.29. The number of anilines is 3. The van der Waals surface area contributed by atoms with Crippen LogP contribution < -0.4 is 11.1 Å². The molecule has 18 heavy (non-hydrogen) atoms. The lowest BCUT2D eigenvalue weighted by Crippen LogP contribution is -1.99. The van der Waals surface area contributed by atoms with E-state index in [1.807, 2.05) is 6.07 Å². The van der Waals surface area contributed by atoms with Crippen LogP contribution in [-0.4, -0.2) is 0 Å². The first-order valence-electron chi connectivity index (χ1n) is 5.88. The highest BCUT2D eigenvalue weighted by Gasteiger charge is 2.06. The summed E-state index contributed by atoms with van der Waals surface area (Å²) in [6.45, 7) is 6.34. The molecule has 0 fully saturated rings. The first kappa shape index (κ1) is 12.8. The number of nitrogens with two attached hydrogens (primary N) is 1. The maximum absolute atomic E-state index is 5.98. The predicted octanol–water partition coefficient (Wildman–Crippen LogP) is 4.59. The number of hydrogen-bond acceptors (Lipinski definition) is 2. The van der Waals surface area contributed by atoms with Crippen molar-refractivity contribution in [3.63, 3.8) is 0 Å². The predicted molar refractivity (Wildman–Crippen MR) is 79.8 cm³/mol. The normalized spacial score (nSPS) is 10.4. The summed E-state index contributed by atoms with van der Waals surface area (Å²) in [4.78, 5) is 0. The average Bonchev–Trinajstić information content (AvgIpc) is 2.34. The van der Waals surface area contributed by atoms with Gasteiger partial charge in [0.25, 0.3) is 0 Å². The van der Waals surface area contributed by atoms with Gasteiger partial charge in [0, 0.05) is 10.7 Å². The van der Waals surface area contributed by atoms with Crippen LogP contribution in [-0.2, 0) is 0 Å². The molecule has 3 N–H and O–H groups in total. The molecule has 0 spiro atoms. The fourth-order valence-corrected chi connectivity index (χ4v) is 2.05. The van der Waals surface area contributed by atoms with Gasteiger partial charge in [-0.1, -0.05) is 17.7 Å². The molecule has 2 nitrogen and oxygen atoms in total. The molecule has 0 unspecified atom stereocenters. The van der Waals surface area contributed by atoms with E-state index in [9.17, 15) is 0 Å². The molecule has 2 rings (SSSR count). The smallest absolute Gasteiger partial charge is 0.0632 e. The van der Waals surface area contributed by atoms with E-state index in [4.69, 9.17) is 17.3 Å². The standard InChI is InChI=1S/C15H17ClN2/c1-9-4-7-14(11(3)10(9)2)18-15-8-12(16)5-6-13(15)17/h4-8,18H,17H2,1-3H3. The van der Waals surface area contributed by atoms with Gasteiger partial charge in [0.2, 0.25) is 0 Å². The summed E-state index contributed by atoms with van der Waals surface area (Å²) >= 11 is 5.98. The van der Waals surface area contributed by atoms with E-state index in [0.29, 0.717) is 10.7 Å². The lowest BCUT2D eigenvalue weighted by atomic mass is 10.0. The number of halogens is 1. The number of benzene rings is 2. The molecule has 0 radical (unpaired) electrons. The molecule has 0 amide bonds. The quantitative estimate of drug-likeness (QED) is 0.775. The fraction of sp³-hybridized carbons (Fsp3) is 0.200. The molecule has 0 aliphatic rings. The summed E-state index contributed by atoms with van der Waals surface area (Å²) in [5, 5.41) is 4.01.